The third-order valence-electron chi connectivity index (χ3n) is 5.41. The number of aromatic nitrogens is 4. The average Bonchev–Trinajstić information content (AvgIpc) is 3.53. The van der Waals surface area contributed by atoms with Crippen LogP contribution in [0.2, 0.25) is 0 Å². The monoisotopic (exact) mass is 439 g/mol. The lowest BCUT2D eigenvalue weighted by atomic mass is 10.2. The molecular formula is C20H21N7O3S. The lowest BCUT2D eigenvalue weighted by Gasteiger charge is -2.34. The molecular weight excluding hydrogens is 418 g/mol. The van der Waals surface area contributed by atoms with Crippen molar-refractivity contribution in [2.75, 3.05) is 37.6 Å². The number of nitro groups is 1. The molecule has 11 heteroatoms. The van der Waals surface area contributed by atoms with Gasteiger partial charge in [-0.3, -0.25) is 4.90 Å². The minimum Gasteiger partial charge on any atom is -0.358 e. The summed E-state index contributed by atoms with van der Waals surface area (Å²) in [5.41, 5.74) is 0.591. The first-order valence-corrected chi connectivity index (χ1v) is 11.0. The lowest BCUT2D eigenvalue weighted by Crippen LogP contribution is -2.47. The Labute approximate surface area is 181 Å². The van der Waals surface area contributed by atoms with Gasteiger partial charge in [-0.2, -0.15) is 14.4 Å². The van der Waals surface area contributed by atoms with Crippen LogP contribution in [0.3, 0.4) is 0 Å². The molecule has 0 radical (unpaired) electrons. The predicted molar refractivity (Wildman–Crippen MR) is 116 cm³/mol. The second kappa shape index (κ2) is 8.44. The van der Waals surface area contributed by atoms with Gasteiger partial charge in [0, 0.05) is 38.7 Å². The molecule has 0 aliphatic carbocycles. The van der Waals surface area contributed by atoms with Crippen LogP contribution >= 0.6 is 11.3 Å². The van der Waals surface area contributed by atoms with Crippen LogP contribution in [-0.2, 0) is 6.42 Å². The van der Waals surface area contributed by atoms with Gasteiger partial charge in [0.05, 0.1) is 11.1 Å². The smallest absolute Gasteiger partial charge is 0.358 e. The van der Waals surface area contributed by atoms with Crippen LogP contribution < -0.4 is 4.90 Å². The third-order valence-corrected chi connectivity index (χ3v) is 6.27. The van der Waals surface area contributed by atoms with Crippen LogP contribution in [0.4, 0.5) is 11.6 Å². The number of pyridine rings is 1. The van der Waals surface area contributed by atoms with Crippen molar-refractivity contribution in [1.82, 2.24) is 24.4 Å². The number of imidazole rings is 1. The summed E-state index contributed by atoms with van der Waals surface area (Å²) in [5.74, 6) is 1.78. The minimum atomic E-state index is -0.351. The Morgan fingerprint density at radius 2 is 2.00 bits per heavy atom. The molecule has 160 valence electrons. The van der Waals surface area contributed by atoms with Gasteiger partial charge in [0.2, 0.25) is 23.2 Å². The Hall–Kier alpha value is -3.31. The largest absolute Gasteiger partial charge is 0.372 e. The molecule has 1 aliphatic heterocycles. The Bertz CT molecular complexity index is 1180. The van der Waals surface area contributed by atoms with Crippen molar-refractivity contribution in [2.45, 2.75) is 12.8 Å². The Morgan fingerprint density at radius 3 is 2.77 bits per heavy atom. The van der Waals surface area contributed by atoms with Crippen molar-refractivity contribution >= 4 is 28.6 Å². The maximum absolute atomic E-state index is 11.6. The van der Waals surface area contributed by atoms with Gasteiger partial charge < -0.3 is 19.5 Å². The molecule has 4 aromatic heterocycles. The van der Waals surface area contributed by atoms with Gasteiger partial charge in [-0.15, -0.1) is 11.3 Å². The second-order valence-corrected chi connectivity index (χ2v) is 8.31. The number of hydrogen-bond acceptors (Lipinski definition) is 9. The normalized spacial score (nSPS) is 15.0. The molecule has 5 rings (SSSR count). The molecule has 0 atom stereocenters. The Kier molecular flexibility index (Phi) is 5.35. The fourth-order valence-electron chi connectivity index (χ4n) is 3.85. The van der Waals surface area contributed by atoms with Gasteiger partial charge >= 0.3 is 5.82 Å². The van der Waals surface area contributed by atoms with Gasteiger partial charge in [-0.05, 0) is 35.4 Å². The molecule has 1 saturated heterocycles. The lowest BCUT2D eigenvalue weighted by molar-refractivity contribution is -0.389. The quantitative estimate of drug-likeness (QED) is 0.319. The van der Waals surface area contributed by atoms with Crippen molar-refractivity contribution < 1.29 is 9.45 Å². The Morgan fingerprint density at radius 1 is 1.13 bits per heavy atom. The topological polar surface area (TPSA) is 106 Å². The minimum absolute atomic E-state index is 0.0296. The number of fused-ring (bicyclic) bond motifs is 1. The van der Waals surface area contributed by atoms with Crippen molar-refractivity contribution in [1.29, 1.82) is 0 Å². The van der Waals surface area contributed by atoms with E-state index in [0.717, 1.165) is 37.4 Å². The molecule has 0 unspecified atom stereocenters. The van der Waals surface area contributed by atoms with Gasteiger partial charge in [0.15, 0.2) is 0 Å². The first kappa shape index (κ1) is 19.6. The number of hydrogen-bond donors (Lipinski definition) is 0. The first-order chi connectivity index (χ1) is 15.2. The number of rotatable bonds is 7. The molecule has 1 aliphatic rings. The number of piperazine rings is 1. The Balaban J connectivity index is 1.16. The van der Waals surface area contributed by atoms with Crippen LogP contribution in [0, 0.1) is 10.1 Å². The molecule has 5 heterocycles. The van der Waals surface area contributed by atoms with Crippen molar-refractivity contribution in [3.63, 3.8) is 0 Å². The van der Waals surface area contributed by atoms with E-state index in [1.54, 1.807) is 29.7 Å². The van der Waals surface area contributed by atoms with E-state index in [0.29, 0.717) is 36.3 Å². The molecule has 0 aromatic carbocycles. The second-order valence-electron chi connectivity index (χ2n) is 7.37. The van der Waals surface area contributed by atoms with Crippen molar-refractivity contribution in [3.05, 3.63) is 57.9 Å². The zero-order valence-corrected chi connectivity index (χ0v) is 17.6. The molecule has 10 nitrogen and oxygen atoms in total. The zero-order chi connectivity index (χ0) is 21.2. The highest BCUT2D eigenvalue weighted by atomic mass is 32.1. The molecule has 0 N–H and O–H groups in total. The van der Waals surface area contributed by atoms with E-state index in [1.165, 1.54) is 4.40 Å². The highest BCUT2D eigenvalue weighted by molar-refractivity contribution is 7.13. The zero-order valence-electron chi connectivity index (χ0n) is 16.8. The predicted octanol–water partition coefficient (Wildman–Crippen LogP) is 3.11. The van der Waals surface area contributed by atoms with Crippen LogP contribution in [-0.4, -0.2) is 62.1 Å². The molecule has 0 bridgehead atoms. The highest BCUT2D eigenvalue weighted by Gasteiger charge is 2.29. The molecule has 4 aromatic rings. The standard InChI is InChI=1S/C20H21N7O3S/c28-27(29)20-19(21-16-6-1-2-9-26(16)20)25-12-10-24(11-13-25)8-3-7-17-22-18(23-30-17)15-5-4-14-31-15/h1-2,4-6,9,14H,3,7-8,10-13H2. The summed E-state index contributed by atoms with van der Waals surface area (Å²) in [4.78, 5) is 25.6. The molecule has 0 saturated carbocycles. The average molecular weight is 440 g/mol. The number of anilines is 1. The maximum Gasteiger partial charge on any atom is 0.372 e. The van der Waals surface area contributed by atoms with Gasteiger partial charge in [0.1, 0.15) is 0 Å². The number of thiophene rings is 1. The number of aryl methyl sites for hydroxylation is 1. The van der Waals surface area contributed by atoms with E-state index < -0.39 is 0 Å². The van der Waals surface area contributed by atoms with Crippen LogP contribution in [0.15, 0.2) is 46.4 Å². The van der Waals surface area contributed by atoms with Crippen molar-refractivity contribution in [3.8, 4) is 10.7 Å². The summed E-state index contributed by atoms with van der Waals surface area (Å²) in [7, 11) is 0. The summed E-state index contributed by atoms with van der Waals surface area (Å²) in [6.07, 6.45) is 3.33. The SMILES string of the molecule is O=[N+]([O-])c1c(N2CCN(CCCc3nc(-c4cccs4)no3)CC2)nc2ccccn12. The summed E-state index contributed by atoms with van der Waals surface area (Å²) in [6.45, 7) is 3.98. The van der Waals surface area contributed by atoms with Crippen LogP contribution in [0.5, 0.6) is 0 Å². The van der Waals surface area contributed by atoms with E-state index in [4.69, 9.17) is 4.52 Å². The summed E-state index contributed by atoms with van der Waals surface area (Å²) >= 11 is 1.59. The van der Waals surface area contributed by atoms with Crippen LogP contribution in [0.1, 0.15) is 12.3 Å². The molecule has 1 fully saturated rings. The first-order valence-electron chi connectivity index (χ1n) is 10.1. The highest BCUT2D eigenvalue weighted by Crippen LogP contribution is 2.29. The summed E-state index contributed by atoms with van der Waals surface area (Å²) in [5, 5.41) is 17.7. The van der Waals surface area contributed by atoms with E-state index in [9.17, 15) is 10.1 Å². The van der Waals surface area contributed by atoms with E-state index >= 15 is 0 Å². The summed E-state index contributed by atoms with van der Waals surface area (Å²) < 4.78 is 6.90. The maximum atomic E-state index is 11.6. The number of nitrogens with zero attached hydrogens (tertiary/aromatic N) is 7. The molecule has 31 heavy (non-hydrogen) atoms. The third kappa shape index (κ3) is 4.01. The fraction of sp³-hybridized carbons (Fsp3) is 0.350. The van der Waals surface area contributed by atoms with E-state index in [2.05, 4.69) is 20.0 Å². The van der Waals surface area contributed by atoms with Gasteiger partial charge in [0.25, 0.3) is 0 Å². The fourth-order valence-corrected chi connectivity index (χ4v) is 4.50. The van der Waals surface area contributed by atoms with Crippen molar-refractivity contribution in [2.24, 2.45) is 0 Å². The van der Waals surface area contributed by atoms with E-state index in [1.807, 2.05) is 28.5 Å². The van der Waals surface area contributed by atoms with E-state index in [-0.39, 0.29) is 10.7 Å². The van der Waals surface area contributed by atoms with Crippen LogP contribution in [0.25, 0.3) is 16.3 Å². The molecule has 0 amide bonds. The van der Waals surface area contributed by atoms with Gasteiger partial charge in [-0.25, -0.2) is 0 Å². The summed E-state index contributed by atoms with van der Waals surface area (Å²) in [6, 6.07) is 9.34. The van der Waals surface area contributed by atoms with Gasteiger partial charge in [-0.1, -0.05) is 17.3 Å². The molecule has 0 spiro atoms.